The van der Waals surface area contributed by atoms with Crippen LogP contribution in [-0.2, 0) is 4.79 Å². The summed E-state index contributed by atoms with van der Waals surface area (Å²) in [6, 6.07) is 1.40. The van der Waals surface area contributed by atoms with Crippen LogP contribution < -0.4 is 5.32 Å². The van der Waals surface area contributed by atoms with Crippen LogP contribution in [0.25, 0.3) is 0 Å². The molecule has 3 aliphatic heterocycles. The minimum atomic E-state index is 0.423. The first kappa shape index (κ1) is 16.3. The van der Waals surface area contributed by atoms with Crippen LogP contribution >= 0.6 is 0 Å². The number of hydrogen-bond acceptors (Lipinski definition) is 3. The number of carbonyl (C=O) groups is 1. The molecule has 0 aliphatic carbocycles. The summed E-state index contributed by atoms with van der Waals surface area (Å²) in [5.74, 6) is 1.74. The van der Waals surface area contributed by atoms with E-state index in [1.165, 1.54) is 45.1 Å². The van der Waals surface area contributed by atoms with Crippen molar-refractivity contribution >= 4 is 5.91 Å². The number of nitrogens with zero attached hydrogens (tertiary/aromatic N) is 2. The Morgan fingerprint density at radius 1 is 1.18 bits per heavy atom. The Morgan fingerprint density at radius 2 is 1.91 bits per heavy atom. The lowest BCUT2D eigenvalue weighted by atomic mass is 9.89. The molecule has 1 amide bonds. The van der Waals surface area contributed by atoms with Gasteiger partial charge < -0.3 is 15.1 Å². The average Bonchev–Trinajstić information content (AvgIpc) is 3.06. The largest absolute Gasteiger partial charge is 0.342 e. The van der Waals surface area contributed by atoms with E-state index in [9.17, 15) is 4.79 Å². The molecular weight excluding hydrogens is 274 g/mol. The third-order valence-corrected chi connectivity index (χ3v) is 5.85. The molecule has 3 atom stereocenters. The van der Waals surface area contributed by atoms with E-state index in [4.69, 9.17) is 0 Å². The third-order valence-electron chi connectivity index (χ3n) is 5.85. The molecule has 3 rings (SSSR count). The minimum absolute atomic E-state index is 0.423. The van der Waals surface area contributed by atoms with Crippen molar-refractivity contribution in [2.45, 2.75) is 64.0 Å². The standard InChI is InChI=1S/C18H33N3O/c1-3-7-20(2)12-14-6-8-21(13-14)18(22)11-15-9-16-4-5-17(10-15)19-16/h14-17,19H,3-13H2,1-2H3. The van der Waals surface area contributed by atoms with Crippen molar-refractivity contribution in [3.63, 3.8) is 0 Å². The number of fused-ring (bicyclic) bond motifs is 2. The Labute approximate surface area is 135 Å². The summed E-state index contributed by atoms with van der Waals surface area (Å²) < 4.78 is 0. The molecule has 0 saturated carbocycles. The van der Waals surface area contributed by atoms with Gasteiger partial charge in [-0.3, -0.25) is 4.79 Å². The Balaban J connectivity index is 1.41. The summed E-state index contributed by atoms with van der Waals surface area (Å²) in [7, 11) is 2.21. The van der Waals surface area contributed by atoms with Gasteiger partial charge in [-0.2, -0.15) is 0 Å². The van der Waals surface area contributed by atoms with Crippen LogP contribution in [-0.4, -0.2) is 61.0 Å². The molecule has 0 aromatic rings. The van der Waals surface area contributed by atoms with E-state index < -0.39 is 0 Å². The summed E-state index contributed by atoms with van der Waals surface area (Å²) in [6.07, 6.45) is 8.29. The Hall–Kier alpha value is -0.610. The van der Waals surface area contributed by atoms with Crippen LogP contribution in [0.15, 0.2) is 0 Å². The molecule has 0 radical (unpaired) electrons. The fraction of sp³-hybridized carbons (Fsp3) is 0.944. The first-order chi connectivity index (χ1) is 10.6. The topological polar surface area (TPSA) is 35.6 Å². The predicted octanol–water partition coefficient (Wildman–Crippen LogP) is 2.10. The molecule has 2 bridgehead atoms. The van der Waals surface area contributed by atoms with E-state index in [-0.39, 0.29) is 0 Å². The Morgan fingerprint density at radius 3 is 2.59 bits per heavy atom. The van der Waals surface area contributed by atoms with Crippen molar-refractivity contribution in [3.8, 4) is 0 Å². The lowest BCUT2D eigenvalue weighted by Crippen LogP contribution is -2.40. The molecule has 22 heavy (non-hydrogen) atoms. The number of amides is 1. The zero-order chi connectivity index (χ0) is 15.5. The zero-order valence-corrected chi connectivity index (χ0v) is 14.4. The van der Waals surface area contributed by atoms with Crippen molar-refractivity contribution in [1.82, 2.24) is 15.1 Å². The van der Waals surface area contributed by atoms with E-state index in [1.807, 2.05) is 0 Å². The SMILES string of the molecule is CCCN(C)CC1CCN(C(=O)CC2CC3CCC(C2)N3)C1. The Kier molecular flexibility index (Phi) is 5.40. The number of likely N-dealkylation sites (tertiary alicyclic amines) is 1. The predicted molar refractivity (Wildman–Crippen MR) is 89.8 cm³/mol. The lowest BCUT2D eigenvalue weighted by Gasteiger charge is -2.30. The number of rotatable bonds is 6. The summed E-state index contributed by atoms with van der Waals surface area (Å²) in [5.41, 5.74) is 0. The van der Waals surface area contributed by atoms with E-state index in [1.54, 1.807) is 0 Å². The van der Waals surface area contributed by atoms with Crippen molar-refractivity contribution in [2.24, 2.45) is 11.8 Å². The average molecular weight is 307 g/mol. The normalized spacial score (nSPS) is 34.6. The smallest absolute Gasteiger partial charge is 0.222 e. The maximum atomic E-state index is 12.6. The molecular formula is C18H33N3O. The molecule has 3 heterocycles. The van der Waals surface area contributed by atoms with E-state index >= 15 is 0 Å². The summed E-state index contributed by atoms with van der Waals surface area (Å²) in [6.45, 7) is 6.52. The molecule has 3 fully saturated rings. The molecule has 0 spiro atoms. The fourth-order valence-corrected chi connectivity index (χ4v) is 4.84. The molecule has 4 heteroatoms. The van der Waals surface area contributed by atoms with Crippen LogP contribution in [0.3, 0.4) is 0 Å². The molecule has 3 saturated heterocycles. The van der Waals surface area contributed by atoms with Crippen LogP contribution in [0.1, 0.15) is 51.9 Å². The van der Waals surface area contributed by atoms with Gasteiger partial charge in [0.1, 0.15) is 0 Å². The first-order valence-electron chi connectivity index (χ1n) is 9.36. The summed E-state index contributed by atoms with van der Waals surface area (Å²) in [4.78, 5) is 17.2. The van der Waals surface area contributed by atoms with Gasteiger partial charge in [0.05, 0.1) is 0 Å². The zero-order valence-electron chi connectivity index (χ0n) is 14.4. The van der Waals surface area contributed by atoms with Gasteiger partial charge in [0.15, 0.2) is 0 Å². The van der Waals surface area contributed by atoms with Gasteiger partial charge in [-0.25, -0.2) is 0 Å². The molecule has 3 aliphatic rings. The molecule has 0 aromatic heterocycles. The second-order valence-electron chi connectivity index (χ2n) is 7.94. The van der Waals surface area contributed by atoms with Gasteiger partial charge in [-0.1, -0.05) is 6.92 Å². The molecule has 126 valence electrons. The monoisotopic (exact) mass is 307 g/mol. The minimum Gasteiger partial charge on any atom is -0.342 e. The van der Waals surface area contributed by atoms with Gasteiger partial charge >= 0.3 is 0 Å². The van der Waals surface area contributed by atoms with Crippen molar-refractivity contribution in [2.75, 3.05) is 33.2 Å². The molecule has 0 aromatic carbocycles. The van der Waals surface area contributed by atoms with E-state index in [0.29, 0.717) is 29.8 Å². The quantitative estimate of drug-likeness (QED) is 0.816. The highest BCUT2D eigenvalue weighted by Crippen LogP contribution is 2.33. The van der Waals surface area contributed by atoms with Gasteiger partial charge in [0.2, 0.25) is 5.91 Å². The fourth-order valence-electron chi connectivity index (χ4n) is 4.84. The second kappa shape index (κ2) is 7.31. The highest BCUT2D eigenvalue weighted by Gasteiger charge is 2.35. The van der Waals surface area contributed by atoms with Gasteiger partial charge in [-0.05, 0) is 64.0 Å². The first-order valence-corrected chi connectivity index (χ1v) is 9.36. The van der Waals surface area contributed by atoms with Gasteiger partial charge in [0.25, 0.3) is 0 Å². The maximum Gasteiger partial charge on any atom is 0.222 e. The van der Waals surface area contributed by atoms with Crippen LogP contribution in [0.5, 0.6) is 0 Å². The summed E-state index contributed by atoms with van der Waals surface area (Å²) >= 11 is 0. The van der Waals surface area contributed by atoms with E-state index in [0.717, 1.165) is 26.1 Å². The van der Waals surface area contributed by atoms with Crippen LogP contribution in [0.4, 0.5) is 0 Å². The Bertz CT molecular complexity index is 375. The second-order valence-corrected chi connectivity index (χ2v) is 7.94. The summed E-state index contributed by atoms with van der Waals surface area (Å²) in [5, 5.41) is 3.67. The van der Waals surface area contributed by atoms with Gasteiger partial charge in [-0.15, -0.1) is 0 Å². The molecule has 1 N–H and O–H groups in total. The van der Waals surface area contributed by atoms with Crippen LogP contribution in [0, 0.1) is 11.8 Å². The maximum absolute atomic E-state index is 12.6. The van der Waals surface area contributed by atoms with Crippen molar-refractivity contribution in [1.29, 1.82) is 0 Å². The third kappa shape index (κ3) is 4.02. The highest BCUT2D eigenvalue weighted by atomic mass is 16.2. The number of hydrogen-bond donors (Lipinski definition) is 1. The van der Waals surface area contributed by atoms with Crippen LogP contribution in [0.2, 0.25) is 0 Å². The number of carbonyl (C=O) groups excluding carboxylic acids is 1. The van der Waals surface area contributed by atoms with Gasteiger partial charge in [0, 0.05) is 38.1 Å². The van der Waals surface area contributed by atoms with Crippen molar-refractivity contribution < 1.29 is 4.79 Å². The lowest BCUT2D eigenvalue weighted by molar-refractivity contribution is -0.131. The highest BCUT2D eigenvalue weighted by molar-refractivity contribution is 5.76. The van der Waals surface area contributed by atoms with Crippen molar-refractivity contribution in [3.05, 3.63) is 0 Å². The number of nitrogens with one attached hydrogen (secondary N) is 1. The number of piperidine rings is 1. The molecule has 4 nitrogen and oxygen atoms in total. The van der Waals surface area contributed by atoms with E-state index in [2.05, 4.69) is 29.1 Å². The molecule has 3 unspecified atom stereocenters.